The van der Waals surface area contributed by atoms with E-state index in [-0.39, 0.29) is 12.2 Å². The fourth-order valence-electron chi connectivity index (χ4n) is 3.20. The molecule has 1 aliphatic heterocycles. The predicted octanol–water partition coefficient (Wildman–Crippen LogP) is 3.60. The molecule has 1 heterocycles. The zero-order valence-corrected chi connectivity index (χ0v) is 15.9. The van der Waals surface area contributed by atoms with Crippen molar-refractivity contribution < 1.29 is 9.47 Å². The monoisotopic (exact) mass is 400 g/mol. The fraction of sp³-hybridized carbons (Fsp3) is 0.350. The van der Waals surface area contributed by atoms with Crippen molar-refractivity contribution in [2.24, 2.45) is 11.0 Å². The molecule has 4 nitrogen and oxygen atoms in total. The average molecular weight is 401 g/mol. The molecule has 0 spiro atoms. The van der Waals surface area contributed by atoms with Gasteiger partial charge in [-0.25, -0.2) is 0 Å². The van der Waals surface area contributed by atoms with Crippen molar-refractivity contribution in [2.75, 3.05) is 13.8 Å². The van der Waals surface area contributed by atoms with Gasteiger partial charge in [0.05, 0.1) is 5.71 Å². The lowest BCUT2D eigenvalue weighted by Gasteiger charge is -2.32. The van der Waals surface area contributed by atoms with Gasteiger partial charge < -0.3 is 14.9 Å². The maximum Gasteiger partial charge on any atom is 0.148 e. The molecule has 0 amide bonds. The number of fused-ring (bicyclic) bond motifs is 1. The van der Waals surface area contributed by atoms with E-state index in [0.717, 1.165) is 22.2 Å². The average Bonchev–Trinajstić information content (AvgIpc) is 3.00. The summed E-state index contributed by atoms with van der Waals surface area (Å²) in [4.78, 5) is 0. The van der Waals surface area contributed by atoms with Crippen molar-refractivity contribution in [3.63, 3.8) is 0 Å². The molecule has 0 radical (unpaired) electrons. The number of ether oxygens (including phenoxy) is 2. The van der Waals surface area contributed by atoms with E-state index in [1.165, 1.54) is 11.1 Å². The van der Waals surface area contributed by atoms with Crippen LogP contribution in [0.3, 0.4) is 0 Å². The molecule has 3 atom stereocenters. The van der Waals surface area contributed by atoms with Gasteiger partial charge in [0.25, 0.3) is 0 Å². The summed E-state index contributed by atoms with van der Waals surface area (Å²) < 4.78 is 12.1. The van der Waals surface area contributed by atoms with Crippen LogP contribution in [0.2, 0.25) is 0 Å². The molecule has 130 valence electrons. The van der Waals surface area contributed by atoms with Gasteiger partial charge in [0.1, 0.15) is 19.0 Å². The molecule has 0 saturated carbocycles. The molecule has 3 aliphatic rings. The van der Waals surface area contributed by atoms with Crippen molar-refractivity contribution in [1.29, 1.82) is 0 Å². The van der Waals surface area contributed by atoms with Gasteiger partial charge in [-0.15, -0.1) is 6.42 Å². The summed E-state index contributed by atoms with van der Waals surface area (Å²) >= 11 is 3.48. The molecular weight excluding hydrogens is 380 g/mol. The number of halogens is 1. The number of terminal acetylenes is 1. The van der Waals surface area contributed by atoms with Gasteiger partial charge in [-0.05, 0) is 47.2 Å². The first-order chi connectivity index (χ1) is 12.1. The van der Waals surface area contributed by atoms with Crippen molar-refractivity contribution in [3.05, 3.63) is 57.7 Å². The van der Waals surface area contributed by atoms with Crippen LogP contribution in [0.25, 0.3) is 0 Å². The van der Waals surface area contributed by atoms with E-state index < -0.39 is 0 Å². The first-order valence-corrected chi connectivity index (χ1v) is 9.01. The number of hydrogen-bond acceptors (Lipinski definition) is 4. The summed E-state index contributed by atoms with van der Waals surface area (Å²) in [6.07, 6.45) is 18.9. The third kappa shape index (κ3) is 3.87. The molecule has 25 heavy (non-hydrogen) atoms. The molecule has 2 aliphatic carbocycles. The first-order valence-electron chi connectivity index (χ1n) is 8.22. The van der Waals surface area contributed by atoms with Gasteiger partial charge in [-0.3, -0.25) is 0 Å². The summed E-state index contributed by atoms with van der Waals surface area (Å²) in [6.45, 7) is 2.33. The number of allylic oxidation sites excluding steroid dienone is 8. The summed E-state index contributed by atoms with van der Waals surface area (Å²) in [5.74, 6) is 2.90. The summed E-state index contributed by atoms with van der Waals surface area (Å²) in [5, 5.41) is 4.49. The highest BCUT2D eigenvalue weighted by atomic mass is 79.9. The molecule has 1 fully saturated rings. The highest BCUT2D eigenvalue weighted by Crippen LogP contribution is 2.39. The second-order valence-electron chi connectivity index (χ2n) is 6.04. The minimum Gasteiger partial charge on any atom is -0.345 e. The Morgan fingerprint density at radius 2 is 2.24 bits per heavy atom. The SMILES string of the molecule is C#C/C=C(\C=C(/C)Br)C(=N\NC)/C1=CCC1C1=C[C@@H]2OCOC2C=C1. The standard InChI is InChI=1S/C20H21BrN2O2/c1-4-5-15(10-13(2)21)20(23-22-3)17-8-7-16(17)14-6-9-18-19(11-14)25-12-24-18/h1,5-6,8-11,16,18-19,22H,7,12H2,2-3H3/b13-10+,15-5+,23-20+/t16?,18?,19-/m0/s1. The topological polar surface area (TPSA) is 42.9 Å². The van der Waals surface area contributed by atoms with E-state index in [2.05, 4.69) is 56.7 Å². The molecule has 0 aromatic rings. The number of nitrogens with zero attached hydrogens (tertiary/aromatic N) is 1. The Kier molecular flexibility index (Phi) is 5.74. The van der Waals surface area contributed by atoms with Crippen LogP contribution in [0.15, 0.2) is 62.8 Å². The van der Waals surface area contributed by atoms with E-state index in [9.17, 15) is 0 Å². The largest absolute Gasteiger partial charge is 0.345 e. The van der Waals surface area contributed by atoms with Crippen LogP contribution in [0.5, 0.6) is 0 Å². The van der Waals surface area contributed by atoms with E-state index in [0.29, 0.717) is 12.7 Å². The quantitative estimate of drug-likeness (QED) is 0.331. The molecule has 0 aromatic heterocycles. The predicted molar refractivity (Wildman–Crippen MR) is 104 cm³/mol. The lowest BCUT2D eigenvalue weighted by Crippen LogP contribution is -2.28. The lowest BCUT2D eigenvalue weighted by molar-refractivity contribution is 0.0503. The fourth-order valence-corrected chi connectivity index (χ4v) is 3.45. The van der Waals surface area contributed by atoms with Crippen LogP contribution >= 0.6 is 15.9 Å². The second-order valence-corrected chi connectivity index (χ2v) is 7.29. The molecule has 0 aromatic carbocycles. The molecular formula is C20H21BrN2O2. The normalized spacial score (nSPS) is 29.4. The molecule has 2 unspecified atom stereocenters. The van der Waals surface area contributed by atoms with Gasteiger partial charge >= 0.3 is 0 Å². The number of rotatable bonds is 5. The van der Waals surface area contributed by atoms with Gasteiger partial charge in [0, 0.05) is 18.5 Å². The van der Waals surface area contributed by atoms with Crippen LogP contribution < -0.4 is 5.43 Å². The Morgan fingerprint density at radius 3 is 2.88 bits per heavy atom. The van der Waals surface area contributed by atoms with E-state index >= 15 is 0 Å². The van der Waals surface area contributed by atoms with Gasteiger partial charge in [0.15, 0.2) is 0 Å². The molecule has 3 rings (SSSR count). The Labute approximate surface area is 157 Å². The van der Waals surface area contributed by atoms with Crippen LogP contribution in [-0.2, 0) is 9.47 Å². The highest BCUT2D eigenvalue weighted by molar-refractivity contribution is 9.11. The maximum atomic E-state index is 5.62. The summed E-state index contributed by atoms with van der Waals surface area (Å²) in [5.41, 5.74) is 7.09. The second kappa shape index (κ2) is 8.01. The van der Waals surface area contributed by atoms with Crippen molar-refractivity contribution in [1.82, 2.24) is 5.43 Å². The maximum absolute atomic E-state index is 5.62. The van der Waals surface area contributed by atoms with Gasteiger partial charge in [-0.2, -0.15) is 5.10 Å². The Balaban J connectivity index is 1.88. The van der Waals surface area contributed by atoms with E-state index in [1.54, 1.807) is 13.1 Å². The van der Waals surface area contributed by atoms with Crippen LogP contribution in [-0.4, -0.2) is 31.8 Å². The highest BCUT2D eigenvalue weighted by Gasteiger charge is 2.34. The Morgan fingerprint density at radius 1 is 1.44 bits per heavy atom. The van der Waals surface area contributed by atoms with Gasteiger partial charge in [-0.1, -0.05) is 40.1 Å². The number of nitrogens with one attached hydrogen (secondary N) is 1. The summed E-state index contributed by atoms with van der Waals surface area (Å²) in [6, 6.07) is 0. The van der Waals surface area contributed by atoms with Crippen LogP contribution in [0, 0.1) is 18.3 Å². The third-order valence-electron chi connectivity index (χ3n) is 4.39. The molecule has 5 heteroatoms. The third-order valence-corrected chi connectivity index (χ3v) is 4.62. The summed E-state index contributed by atoms with van der Waals surface area (Å²) in [7, 11) is 1.79. The molecule has 1 saturated heterocycles. The smallest absolute Gasteiger partial charge is 0.148 e. The van der Waals surface area contributed by atoms with Crippen molar-refractivity contribution in [2.45, 2.75) is 25.6 Å². The Bertz CT molecular complexity index is 761. The minimum atomic E-state index is 0.0111. The van der Waals surface area contributed by atoms with E-state index in [1.807, 2.05) is 13.0 Å². The van der Waals surface area contributed by atoms with Crippen LogP contribution in [0.1, 0.15) is 13.3 Å². The number of hydrogen-bond donors (Lipinski definition) is 1. The zero-order valence-electron chi connectivity index (χ0n) is 14.3. The van der Waals surface area contributed by atoms with Crippen molar-refractivity contribution >= 4 is 21.6 Å². The Hall–Kier alpha value is -1.87. The molecule has 1 N–H and O–H groups in total. The number of hydrazone groups is 1. The van der Waals surface area contributed by atoms with Crippen LogP contribution in [0.4, 0.5) is 0 Å². The van der Waals surface area contributed by atoms with Crippen molar-refractivity contribution in [3.8, 4) is 12.3 Å². The lowest BCUT2D eigenvalue weighted by atomic mass is 9.73. The first kappa shape index (κ1) is 17.9. The zero-order chi connectivity index (χ0) is 17.8. The minimum absolute atomic E-state index is 0.0111. The molecule has 0 bridgehead atoms. The van der Waals surface area contributed by atoms with Gasteiger partial charge in [0.2, 0.25) is 0 Å². The van der Waals surface area contributed by atoms with E-state index in [4.69, 9.17) is 15.9 Å².